The average Bonchev–Trinajstić information content (AvgIpc) is 2.97. The quantitative estimate of drug-likeness (QED) is 0.161. The summed E-state index contributed by atoms with van der Waals surface area (Å²) in [6.45, 7) is 5.16. The number of nitrogens with one attached hydrogen (secondary N) is 3. The lowest BCUT2D eigenvalue weighted by Crippen LogP contribution is -2.41. The topological polar surface area (TPSA) is 99.5 Å². The maximum Gasteiger partial charge on any atom is 0.318 e. The number of carbonyl (C=O) groups excluding carboxylic acids is 2. The van der Waals surface area contributed by atoms with E-state index < -0.39 is 6.03 Å². The van der Waals surface area contributed by atoms with Crippen molar-refractivity contribution in [3.05, 3.63) is 119 Å². The Morgan fingerprint density at radius 3 is 2.17 bits per heavy atom. The van der Waals surface area contributed by atoms with Crippen LogP contribution in [0.4, 0.5) is 9.59 Å². The van der Waals surface area contributed by atoms with Crippen molar-refractivity contribution in [1.29, 1.82) is 0 Å². The molecule has 40 heavy (non-hydrogen) atoms. The van der Waals surface area contributed by atoms with Crippen molar-refractivity contribution in [2.75, 3.05) is 13.1 Å². The summed E-state index contributed by atoms with van der Waals surface area (Å²) in [5.74, 6) is 0. The fourth-order valence-electron chi connectivity index (χ4n) is 4.80. The Labute approximate surface area is 236 Å². The highest BCUT2D eigenvalue weighted by molar-refractivity contribution is 5.86. The summed E-state index contributed by atoms with van der Waals surface area (Å²) in [5.41, 5.74) is 9.78. The number of amides is 4. The molecule has 4 amide bonds. The number of nitrogens with zero attached hydrogens (tertiary/aromatic N) is 1. The van der Waals surface area contributed by atoms with Crippen molar-refractivity contribution >= 4 is 22.8 Å². The lowest BCUT2D eigenvalue weighted by molar-refractivity contribution is 0.190. The zero-order valence-electron chi connectivity index (χ0n) is 23.1. The lowest BCUT2D eigenvalue weighted by atomic mass is 10.00. The minimum absolute atomic E-state index is 0.114. The van der Waals surface area contributed by atoms with Gasteiger partial charge in [-0.15, -0.1) is 0 Å². The SMILES string of the molecule is C[C@H](NC(=O)N(CCCCNC(N)=O)Cc1ccc(CNCc2ccccc2)cc1)c1cccc2ccccc12. The molecule has 0 saturated carbocycles. The maximum atomic E-state index is 13.5. The van der Waals surface area contributed by atoms with Gasteiger partial charge in [-0.25, -0.2) is 9.59 Å². The molecular formula is C33H39N5O2. The van der Waals surface area contributed by atoms with Gasteiger partial charge in [0.2, 0.25) is 0 Å². The predicted octanol–water partition coefficient (Wildman–Crippen LogP) is 5.85. The van der Waals surface area contributed by atoms with E-state index in [1.807, 2.05) is 48.2 Å². The molecule has 1 atom stereocenters. The third-order valence-corrected chi connectivity index (χ3v) is 6.97. The Hall–Kier alpha value is -4.36. The van der Waals surface area contributed by atoms with Gasteiger partial charge in [0, 0.05) is 32.7 Å². The summed E-state index contributed by atoms with van der Waals surface area (Å²) in [4.78, 5) is 26.3. The smallest absolute Gasteiger partial charge is 0.318 e. The van der Waals surface area contributed by atoms with Crippen LogP contribution in [-0.4, -0.2) is 30.1 Å². The van der Waals surface area contributed by atoms with Crippen molar-refractivity contribution in [3.8, 4) is 0 Å². The summed E-state index contributed by atoms with van der Waals surface area (Å²) >= 11 is 0. The van der Waals surface area contributed by atoms with Gasteiger partial charge in [0.25, 0.3) is 0 Å². The second-order valence-electron chi connectivity index (χ2n) is 10.1. The van der Waals surface area contributed by atoms with Gasteiger partial charge >= 0.3 is 12.1 Å². The van der Waals surface area contributed by atoms with Gasteiger partial charge in [-0.2, -0.15) is 0 Å². The van der Waals surface area contributed by atoms with Crippen molar-refractivity contribution in [3.63, 3.8) is 0 Å². The van der Waals surface area contributed by atoms with Crippen LogP contribution in [-0.2, 0) is 19.6 Å². The van der Waals surface area contributed by atoms with Gasteiger partial charge < -0.3 is 26.6 Å². The minimum Gasteiger partial charge on any atom is -0.352 e. The summed E-state index contributed by atoms with van der Waals surface area (Å²) in [6.07, 6.45) is 1.48. The van der Waals surface area contributed by atoms with Gasteiger partial charge in [-0.05, 0) is 52.8 Å². The summed E-state index contributed by atoms with van der Waals surface area (Å²) in [6, 6.07) is 32.3. The maximum absolute atomic E-state index is 13.5. The number of hydrogen-bond donors (Lipinski definition) is 4. The number of urea groups is 2. The molecule has 0 aliphatic rings. The summed E-state index contributed by atoms with van der Waals surface area (Å²) < 4.78 is 0. The molecule has 5 N–H and O–H groups in total. The zero-order chi connectivity index (χ0) is 28.2. The average molecular weight is 538 g/mol. The van der Waals surface area contributed by atoms with Crippen LogP contribution in [0.2, 0.25) is 0 Å². The van der Waals surface area contributed by atoms with E-state index in [4.69, 9.17) is 5.73 Å². The largest absolute Gasteiger partial charge is 0.352 e. The Morgan fingerprint density at radius 1 is 0.775 bits per heavy atom. The molecule has 208 valence electrons. The lowest BCUT2D eigenvalue weighted by Gasteiger charge is -2.26. The molecule has 7 nitrogen and oxygen atoms in total. The molecule has 0 radical (unpaired) electrons. The van der Waals surface area contributed by atoms with E-state index in [9.17, 15) is 9.59 Å². The van der Waals surface area contributed by atoms with E-state index >= 15 is 0 Å². The second-order valence-corrected chi connectivity index (χ2v) is 10.1. The molecule has 0 aromatic heterocycles. The van der Waals surface area contributed by atoms with Crippen LogP contribution in [0.3, 0.4) is 0 Å². The van der Waals surface area contributed by atoms with E-state index in [2.05, 4.69) is 76.6 Å². The van der Waals surface area contributed by atoms with Crippen LogP contribution in [0.5, 0.6) is 0 Å². The number of nitrogens with two attached hydrogens (primary N) is 1. The Kier molecular flexibility index (Phi) is 10.5. The van der Waals surface area contributed by atoms with E-state index in [1.165, 1.54) is 11.1 Å². The molecule has 0 spiro atoms. The number of carbonyl (C=O) groups is 2. The number of primary amides is 1. The molecule has 0 heterocycles. The predicted molar refractivity (Wildman–Crippen MR) is 162 cm³/mol. The van der Waals surface area contributed by atoms with Crippen LogP contribution in [0, 0.1) is 0 Å². The van der Waals surface area contributed by atoms with E-state index in [0.717, 1.165) is 47.8 Å². The number of fused-ring (bicyclic) bond motifs is 1. The summed E-state index contributed by atoms with van der Waals surface area (Å²) in [5, 5.41) is 11.6. The molecule has 7 heteroatoms. The molecule has 0 fully saturated rings. The van der Waals surface area contributed by atoms with Crippen molar-refractivity contribution in [2.45, 2.75) is 45.4 Å². The zero-order valence-corrected chi connectivity index (χ0v) is 23.1. The summed E-state index contributed by atoms with van der Waals surface area (Å²) in [7, 11) is 0. The number of unbranched alkanes of at least 4 members (excludes halogenated alkanes) is 1. The molecule has 0 aliphatic heterocycles. The molecule has 0 aliphatic carbocycles. The van der Waals surface area contributed by atoms with E-state index in [0.29, 0.717) is 19.6 Å². The molecule has 0 bridgehead atoms. The van der Waals surface area contributed by atoms with Crippen LogP contribution >= 0.6 is 0 Å². The first-order valence-corrected chi connectivity index (χ1v) is 13.9. The third-order valence-electron chi connectivity index (χ3n) is 6.97. The number of benzene rings is 4. The monoisotopic (exact) mass is 537 g/mol. The van der Waals surface area contributed by atoms with Crippen molar-refractivity contribution in [2.24, 2.45) is 5.73 Å². The van der Waals surface area contributed by atoms with Crippen LogP contribution in [0.25, 0.3) is 10.8 Å². The van der Waals surface area contributed by atoms with E-state index in [1.54, 1.807) is 0 Å². The molecule has 4 aromatic carbocycles. The van der Waals surface area contributed by atoms with Gasteiger partial charge in [-0.3, -0.25) is 0 Å². The number of rotatable bonds is 13. The standard InChI is InChI=1S/C33H39N5O2/c1-25(30-15-9-13-29-12-5-6-14-31(29)30)37-33(40)38(21-8-7-20-36-32(34)39)24-28-18-16-27(17-19-28)23-35-22-26-10-3-2-4-11-26/h2-6,9-19,25,35H,7-8,20-24H2,1H3,(H,37,40)(H3,34,36,39)/t25-/m0/s1. The third kappa shape index (κ3) is 8.58. The second kappa shape index (κ2) is 14.7. The normalized spacial score (nSPS) is 11.6. The van der Waals surface area contributed by atoms with Gasteiger partial charge in [0.1, 0.15) is 0 Å². The Bertz CT molecular complexity index is 1370. The van der Waals surface area contributed by atoms with Crippen LogP contribution in [0.15, 0.2) is 97.1 Å². The van der Waals surface area contributed by atoms with Crippen molar-refractivity contribution in [1.82, 2.24) is 20.9 Å². The van der Waals surface area contributed by atoms with E-state index in [-0.39, 0.29) is 12.1 Å². The first-order chi connectivity index (χ1) is 19.5. The van der Waals surface area contributed by atoms with Crippen LogP contribution < -0.4 is 21.7 Å². The highest BCUT2D eigenvalue weighted by Crippen LogP contribution is 2.24. The number of hydrogen-bond acceptors (Lipinski definition) is 3. The highest BCUT2D eigenvalue weighted by atomic mass is 16.2. The Morgan fingerprint density at radius 2 is 1.43 bits per heavy atom. The Balaban J connectivity index is 1.38. The van der Waals surface area contributed by atoms with Gasteiger partial charge in [0.15, 0.2) is 0 Å². The first kappa shape index (κ1) is 28.6. The molecule has 4 rings (SSSR count). The molecule has 0 unspecified atom stereocenters. The minimum atomic E-state index is -0.531. The fraction of sp³-hybridized carbons (Fsp3) is 0.273. The molecular weight excluding hydrogens is 498 g/mol. The van der Waals surface area contributed by atoms with Gasteiger partial charge in [-0.1, -0.05) is 97.1 Å². The molecule has 4 aromatic rings. The van der Waals surface area contributed by atoms with Crippen molar-refractivity contribution < 1.29 is 9.59 Å². The van der Waals surface area contributed by atoms with Gasteiger partial charge in [0.05, 0.1) is 6.04 Å². The highest BCUT2D eigenvalue weighted by Gasteiger charge is 2.18. The fourth-order valence-corrected chi connectivity index (χ4v) is 4.80. The molecule has 0 saturated heterocycles. The first-order valence-electron chi connectivity index (χ1n) is 13.9. The van der Waals surface area contributed by atoms with Crippen LogP contribution in [0.1, 0.15) is 48.1 Å².